The number of aromatic amines is 7. The Morgan fingerprint density at radius 3 is 1.05 bits per heavy atom. The highest BCUT2D eigenvalue weighted by Crippen LogP contribution is 2.36. The van der Waals surface area contributed by atoms with E-state index >= 15 is 0 Å². The van der Waals surface area contributed by atoms with Crippen LogP contribution in [0.5, 0.6) is 0 Å². The van der Waals surface area contributed by atoms with Crippen LogP contribution in [-0.2, 0) is 44.9 Å². The summed E-state index contributed by atoms with van der Waals surface area (Å²) in [6.45, 7) is 12.2. The van der Waals surface area contributed by atoms with Crippen LogP contribution in [-0.4, -0.2) is 147 Å². The summed E-state index contributed by atoms with van der Waals surface area (Å²) < 4.78 is 0. The van der Waals surface area contributed by atoms with Crippen LogP contribution in [0.1, 0.15) is 219 Å². The SMILES string of the molecule is Cc1c(C(=O)O)sc2nc(CC3=CCCC3)[nH]c(=O)c12.Cc1c(C(=O)O)sc2nc(CC3=CCCCC3)[nH]c(=O)c12.Cc1c(C(=O)O)sc2nc(Cc3ccc(Cl)c(Cl)c3)[nH]c(=O)c12.Cc1cccc(Cc2nc3sc(C(=O)O)c(C)c3c(=O)[nH]2)c1.Cc1ccccc1Cc1nc2sc(C(=O)O)c(C)c2c(=O)[nH]1.O=C(O)c1cc2c(=O)[nH]c(Cc3cccs3)nc2s1.O=C(O)c1cc2c(=O)[nH]c(Cc3ccsc3)nc2s1. The van der Waals surface area contributed by atoms with E-state index in [1.807, 2.05) is 96.7 Å². The molecule has 21 rings (SSSR count). The normalized spacial score (nSPS) is 12.1. The van der Waals surface area contributed by atoms with Gasteiger partial charge in [0.2, 0.25) is 0 Å². The molecule has 0 aliphatic heterocycles. The van der Waals surface area contributed by atoms with Gasteiger partial charge in [-0.15, -0.1) is 90.7 Å². The number of thiophene rings is 9. The highest BCUT2D eigenvalue weighted by molar-refractivity contribution is 7.23. The average Bonchev–Trinajstić information content (AvgIpc) is 1.61. The number of nitrogens with zero attached hydrogens (tertiary/aromatic N) is 7. The highest BCUT2D eigenvalue weighted by Gasteiger charge is 2.27. The Balaban J connectivity index is 0.000000128. The number of hydrogen-bond acceptors (Lipinski definition) is 30. The van der Waals surface area contributed by atoms with Gasteiger partial charge in [-0.3, -0.25) is 33.6 Å². The summed E-state index contributed by atoms with van der Waals surface area (Å²) in [6, 6.07) is 29.6. The number of aromatic carboxylic acids is 7. The lowest BCUT2D eigenvalue weighted by Crippen LogP contribution is -2.12. The summed E-state index contributed by atoms with van der Waals surface area (Å²) in [5.41, 5.74) is 9.31. The number of fused-ring (bicyclic) bond motifs is 7. The minimum absolute atomic E-state index is 0.126. The smallest absolute Gasteiger partial charge is 0.346 e. The van der Waals surface area contributed by atoms with E-state index in [2.05, 4.69) is 81.9 Å². The van der Waals surface area contributed by atoms with Crippen molar-refractivity contribution in [2.24, 2.45) is 0 Å². The predicted molar refractivity (Wildman–Crippen MR) is 571 cm³/mol. The van der Waals surface area contributed by atoms with Gasteiger partial charge in [-0.2, -0.15) is 11.3 Å². The van der Waals surface area contributed by atoms with Gasteiger partial charge in [0.25, 0.3) is 38.9 Å². The molecule has 2 aliphatic rings. The van der Waals surface area contributed by atoms with Crippen LogP contribution in [0.25, 0.3) is 71.5 Å². The van der Waals surface area contributed by atoms with Gasteiger partial charge in [-0.05, 0) is 202 Å². The third-order valence-corrected chi connectivity index (χ3v) is 33.4. The lowest BCUT2D eigenvalue weighted by molar-refractivity contribution is 0.0690. The number of rotatable bonds is 21. The Bertz CT molecular complexity index is 8790. The van der Waals surface area contributed by atoms with E-state index in [-0.39, 0.29) is 73.1 Å². The molecule has 19 aromatic rings. The summed E-state index contributed by atoms with van der Waals surface area (Å²) in [6.07, 6.45) is 16.0. The van der Waals surface area contributed by atoms with Gasteiger partial charge in [0.15, 0.2) is 0 Å². The molecule has 46 heteroatoms. The van der Waals surface area contributed by atoms with E-state index < -0.39 is 41.8 Å². The topological polar surface area (TPSA) is 581 Å². The first-order valence-corrected chi connectivity index (χ1v) is 52.7. The second-order valence-corrected chi connectivity index (χ2v) is 43.2. The minimum Gasteiger partial charge on any atom is -0.477 e. The van der Waals surface area contributed by atoms with Crippen LogP contribution in [0.3, 0.4) is 0 Å². The van der Waals surface area contributed by atoms with Crippen molar-refractivity contribution in [1.29, 1.82) is 0 Å². The lowest BCUT2D eigenvalue weighted by Gasteiger charge is -2.11. The number of aromatic nitrogens is 14. The fraction of sp³-hybridized carbons (Fsp3) is 0.210. The molecular weight excluding hydrogens is 2090 g/mol. The van der Waals surface area contributed by atoms with E-state index in [1.165, 1.54) is 36.1 Å². The number of carbonyl (C=O) groups is 7. The number of H-pyrrole nitrogens is 7. The number of benzene rings is 3. The zero-order valence-electron chi connectivity index (χ0n) is 77.9. The van der Waals surface area contributed by atoms with Gasteiger partial charge in [0.1, 0.15) is 109 Å². The van der Waals surface area contributed by atoms with Crippen LogP contribution >= 0.6 is 125 Å². The van der Waals surface area contributed by atoms with Crippen LogP contribution in [0.4, 0.5) is 0 Å². The Kier molecular flexibility index (Phi) is 33.4. The van der Waals surface area contributed by atoms with Crippen LogP contribution < -0.4 is 38.9 Å². The Labute approximate surface area is 868 Å². The largest absolute Gasteiger partial charge is 0.477 e. The highest BCUT2D eigenvalue weighted by atomic mass is 35.5. The molecule has 16 heterocycles. The molecule has 0 spiro atoms. The van der Waals surface area contributed by atoms with Crippen molar-refractivity contribution in [2.45, 2.75) is 138 Å². The number of carboxylic acid groups (broad SMARTS) is 7. The Morgan fingerprint density at radius 2 is 0.699 bits per heavy atom. The quantitative estimate of drug-likeness (QED) is 0.0297. The second kappa shape index (κ2) is 46.1. The summed E-state index contributed by atoms with van der Waals surface area (Å²) in [7, 11) is 0. The van der Waals surface area contributed by atoms with Crippen molar-refractivity contribution < 1.29 is 69.3 Å². The van der Waals surface area contributed by atoms with Gasteiger partial charge in [0, 0.05) is 49.8 Å². The lowest BCUT2D eigenvalue weighted by atomic mass is 9.97. The number of hydrogen-bond donors (Lipinski definition) is 14. The molecule has 14 N–H and O–H groups in total. The van der Waals surface area contributed by atoms with E-state index in [0.29, 0.717) is 195 Å². The second-order valence-electron chi connectivity index (χ2n) is 33.5. The van der Waals surface area contributed by atoms with E-state index in [1.54, 1.807) is 75.5 Å². The predicted octanol–water partition coefficient (Wildman–Crippen LogP) is 20.0. The first-order valence-electron chi connectivity index (χ1n) is 44.4. The van der Waals surface area contributed by atoms with E-state index in [0.717, 1.165) is 150 Å². The molecule has 0 atom stereocenters. The molecule has 2 aliphatic carbocycles. The van der Waals surface area contributed by atoms with E-state index in [4.69, 9.17) is 58.9 Å². The summed E-state index contributed by atoms with van der Waals surface area (Å²) in [4.78, 5) is 218. The number of allylic oxidation sites excluding steroid dienone is 4. The first kappa shape index (κ1) is 106. The molecule has 0 radical (unpaired) electrons. The third kappa shape index (κ3) is 24.9. The van der Waals surface area contributed by atoms with Gasteiger partial charge in [0.05, 0.1) is 47.7 Å². The number of aryl methyl sites for hydroxylation is 7. The minimum atomic E-state index is -1.06. The van der Waals surface area contributed by atoms with Gasteiger partial charge in [-0.1, -0.05) is 113 Å². The molecule has 16 aromatic heterocycles. The maximum absolute atomic E-state index is 12.2. The van der Waals surface area contributed by atoms with Gasteiger partial charge >= 0.3 is 41.8 Å². The van der Waals surface area contributed by atoms with Crippen LogP contribution in [0, 0.1) is 48.5 Å². The van der Waals surface area contributed by atoms with Crippen molar-refractivity contribution >= 4 is 239 Å². The van der Waals surface area contributed by atoms with Gasteiger partial charge in [-0.25, -0.2) is 68.4 Å². The zero-order valence-corrected chi connectivity index (χ0v) is 86.8. The molecule has 0 saturated heterocycles. The molecule has 0 amide bonds. The number of carboxylic acids is 7. The zero-order chi connectivity index (χ0) is 104. The Hall–Kier alpha value is -14.7. The fourth-order valence-electron chi connectivity index (χ4n) is 16.1. The molecule has 0 bridgehead atoms. The molecular formula is C100H84Cl2N14O21S9. The number of halogens is 2. The average molecular weight is 2180 g/mol. The van der Waals surface area contributed by atoms with Crippen molar-refractivity contribution in [3.05, 3.63) is 360 Å². The summed E-state index contributed by atoms with van der Waals surface area (Å²) in [5.74, 6) is -3.33. The number of nitrogens with one attached hydrogen (secondary N) is 7. The monoisotopic (exact) mass is 2170 g/mol. The van der Waals surface area contributed by atoms with Crippen molar-refractivity contribution in [1.82, 2.24) is 69.8 Å². The maximum atomic E-state index is 12.2. The van der Waals surface area contributed by atoms with Gasteiger partial charge < -0.3 is 70.6 Å². The Morgan fingerprint density at radius 1 is 0.329 bits per heavy atom. The van der Waals surface area contributed by atoms with Crippen LogP contribution in [0.2, 0.25) is 10.0 Å². The molecule has 0 unspecified atom stereocenters. The molecule has 748 valence electrons. The van der Waals surface area contributed by atoms with Crippen molar-refractivity contribution in [2.75, 3.05) is 0 Å². The molecule has 146 heavy (non-hydrogen) atoms. The molecule has 0 saturated carbocycles. The van der Waals surface area contributed by atoms with E-state index in [9.17, 15) is 67.1 Å². The molecule has 0 fully saturated rings. The van der Waals surface area contributed by atoms with Crippen molar-refractivity contribution in [3.63, 3.8) is 0 Å². The van der Waals surface area contributed by atoms with Crippen molar-refractivity contribution in [3.8, 4) is 0 Å². The first-order chi connectivity index (χ1) is 69.7. The standard InChI is InChI=1S/2C16H14N2O3S.C15H10Cl2N2O3S.C15H16N2O3S.C14H14N2O3S.2C12H8N2O3S2/c1-8-4-3-5-10(6-8)7-11-17-14(19)12-9(2)13(16(20)21)22-15(12)18-11;1-8-5-3-4-6-10(8)7-11-17-14(19)12-9(2)13(16(20)21)22-15(12)18-11;1-6-11-13(20)18-10(19-14(11)23-12(6)15(21)22)5-7-2-3-8(16)9(17)4-7;1-8-11-13(18)16-10(7-9-5-3-2-4-6-9)17-14(11)21-12(8)15(19)20;1-7-10-12(17)15-9(6-8-4-2-3-5-8)16-13(10)20-11(7)14(18)19;15-10-7-4-8(12(16)17)19-11(7)14-9(13-10)3-6-1-2-18-5-6;15-10-7-5-8(12(16)17)19-11(7)14-9(13-10)4-6-2-1-3-18-6/h2*3-6H,7H2,1-2H3,(H,20,21)(H,17,18,19);2-4H,5H2,1H3,(H,21,22)(H,18,19,20);5H,2-4,6-7H2,1H3,(H,19,20)(H,16,17,18);4H,2-3,5-6H2,1H3,(H,18,19)(H,15,16,17);1-2,4-5H,3H2,(H,16,17)(H,13,14,15);1-3,5H,4H2,(H,16,17)(H,13,14,15). The maximum Gasteiger partial charge on any atom is 0.346 e. The van der Waals surface area contributed by atoms with Crippen LogP contribution in [0.15, 0.2) is 170 Å². The molecule has 35 nitrogen and oxygen atoms in total. The third-order valence-electron chi connectivity index (χ3n) is 23.2. The summed E-state index contributed by atoms with van der Waals surface area (Å²) in [5, 5.41) is 72.9. The fourth-order valence-corrected chi connectivity index (χ4v) is 24.8. The molecule has 3 aromatic carbocycles. The summed E-state index contributed by atoms with van der Waals surface area (Å²) >= 11 is 22.3.